The molecule has 3 aliphatic rings. The van der Waals surface area contributed by atoms with Gasteiger partial charge < -0.3 is 5.73 Å². The smallest absolute Gasteiger partial charge is 0.332 e. The Morgan fingerprint density at radius 3 is 2.80 bits per heavy atom. The second-order valence-corrected chi connectivity index (χ2v) is 5.14. The molecule has 2 amide bonds. The summed E-state index contributed by atoms with van der Waals surface area (Å²) in [6.07, 6.45) is 6.50. The van der Waals surface area contributed by atoms with Crippen LogP contribution in [0.5, 0.6) is 0 Å². The number of nitrogens with one attached hydrogen (secondary N) is 1. The highest BCUT2D eigenvalue weighted by atomic mass is 16.2. The van der Waals surface area contributed by atoms with E-state index >= 15 is 0 Å². The van der Waals surface area contributed by atoms with E-state index < -0.39 is 6.03 Å². The third-order valence-electron chi connectivity index (χ3n) is 4.52. The van der Waals surface area contributed by atoms with Crippen molar-refractivity contribution in [3.63, 3.8) is 0 Å². The SMILES string of the molecule is NC(=O)N/N=C1/C[C@@H]2CC[C@@H]3CC[C@@H]1[C@@H]32. The quantitative estimate of drug-likeness (QED) is 0.628. The van der Waals surface area contributed by atoms with Crippen molar-refractivity contribution in [2.75, 3.05) is 0 Å². The number of urea groups is 1. The van der Waals surface area contributed by atoms with Crippen LogP contribution in [-0.4, -0.2) is 11.7 Å². The highest BCUT2D eigenvalue weighted by Crippen LogP contribution is 2.57. The van der Waals surface area contributed by atoms with Gasteiger partial charge >= 0.3 is 6.03 Å². The number of rotatable bonds is 1. The molecule has 82 valence electrons. The van der Waals surface area contributed by atoms with E-state index in [0.717, 1.165) is 24.2 Å². The average Bonchev–Trinajstić information content (AvgIpc) is 2.83. The minimum Gasteiger partial charge on any atom is -0.350 e. The van der Waals surface area contributed by atoms with Gasteiger partial charge in [0.15, 0.2) is 0 Å². The molecule has 15 heavy (non-hydrogen) atoms. The third kappa shape index (κ3) is 1.34. The van der Waals surface area contributed by atoms with Crippen LogP contribution >= 0.6 is 0 Å². The largest absolute Gasteiger partial charge is 0.350 e. The van der Waals surface area contributed by atoms with Crippen molar-refractivity contribution in [1.82, 2.24) is 5.43 Å². The Morgan fingerprint density at radius 1 is 1.27 bits per heavy atom. The van der Waals surface area contributed by atoms with E-state index in [1.54, 1.807) is 0 Å². The van der Waals surface area contributed by atoms with Gasteiger partial charge in [0, 0.05) is 11.6 Å². The standard InChI is InChI=1S/C11H17N3O/c12-11(15)14-13-9-5-7-2-1-6-3-4-8(9)10(6)7/h6-8,10H,1-5H2,(H3,12,14,15)/b13-9-/t6-,7+,8+,10+/m1/s1. The molecule has 3 aliphatic carbocycles. The Bertz CT molecular complexity index is 326. The number of hydrazone groups is 1. The maximum absolute atomic E-state index is 10.6. The Labute approximate surface area is 89.3 Å². The second-order valence-electron chi connectivity index (χ2n) is 5.14. The van der Waals surface area contributed by atoms with Gasteiger partial charge in [-0.05, 0) is 49.9 Å². The number of amides is 2. The second kappa shape index (κ2) is 3.22. The van der Waals surface area contributed by atoms with E-state index in [2.05, 4.69) is 10.5 Å². The maximum Gasteiger partial charge on any atom is 0.332 e. The Kier molecular flexibility index (Phi) is 1.97. The van der Waals surface area contributed by atoms with Crippen molar-refractivity contribution < 1.29 is 4.79 Å². The third-order valence-corrected chi connectivity index (χ3v) is 4.52. The van der Waals surface area contributed by atoms with Gasteiger partial charge in [0.25, 0.3) is 0 Å². The first kappa shape index (κ1) is 9.19. The molecule has 3 fully saturated rings. The van der Waals surface area contributed by atoms with Crippen molar-refractivity contribution in [1.29, 1.82) is 0 Å². The van der Waals surface area contributed by atoms with Gasteiger partial charge in [0.05, 0.1) is 0 Å². The molecule has 0 aromatic rings. The Balaban J connectivity index is 1.78. The molecular formula is C11H17N3O. The number of hydrogen-bond donors (Lipinski definition) is 2. The summed E-state index contributed by atoms with van der Waals surface area (Å²) in [6, 6.07) is -0.547. The van der Waals surface area contributed by atoms with Gasteiger partial charge in [-0.2, -0.15) is 5.10 Å². The van der Waals surface area contributed by atoms with Crippen LogP contribution in [0.1, 0.15) is 32.1 Å². The van der Waals surface area contributed by atoms with E-state index in [1.165, 1.54) is 31.4 Å². The monoisotopic (exact) mass is 207 g/mol. The predicted molar refractivity (Wildman–Crippen MR) is 57.2 cm³/mol. The number of primary amides is 1. The Morgan fingerprint density at radius 2 is 2.00 bits per heavy atom. The number of hydrogen-bond acceptors (Lipinski definition) is 2. The first-order valence-electron chi connectivity index (χ1n) is 5.87. The van der Waals surface area contributed by atoms with Gasteiger partial charge in [-0.25, -0.2) is 10.2 Å². The summed E-state index contributed by atoms with van der Waals surface area (Å²) in [6.45, 7) is 0. The maximum atomic E-state index is 10.6. The van der Waals surface area contributed by atoms with E-state index in [-0.39, 0.29) is 0 Å². The van der Waals surface area contributed by atoms with Gasteiger partial charge in [-0.3, -0.25) is 0 Å². The molecule has 3 N–H and O–H groups in total. The predicted octanol–water partition coefficient (Wildman–Crippen LogP) is 1.47. The summed E-state index contributed by atoms with van der Waals surface area (Å²) in [5.74, 6) is 3.31. The molecule has 0 heterocycles. The van der Waals surface area contributed by atoms with Crippen LogP contribution in [0.3, 0.4) is 0 Å². The first-order valence-corrected chi connectivity index (χ1v) is 5.87. The fourth-order valence-electron chi connectivity index (χ4n) is 4.08. The summed E-state index contributed by atoms with van der Waals surface area (Å²) in [5.41, 5.74) is 8.61. The number of nitrogens with two attached hydrogens (primary N) is 1. The molecular weight excluding hydrogens is 190 g/mol. The van der Waals surface area contributed by atoms with Gasteiger partial charge in [-0.15, -0.1) is 0 Å². The van der Waals surface area contributed by atoms with Crippen molar-refractivity contribution in [3.05, 3.63) is 0 Å². The fraction of sp³-hybridized carbons (Fsp3) is 0.818. The van der Waals surface area contributed by atoms with Crippen molar-refractivity contribution in [3.8, 4) is 0 Å². The molecule has 0 aromatic carbocycles. The number of nitrogens with zero attached hydrogens (tertiary/aromatic N) is 1. The molecule has 4 heteroatoms. The van der Waals surface area contributed by atoms with E-state index in [1.807, 2.05) is 0 Å². The lowest BCUT2D eigenvalue weighted by atomic mass is 9.92. The zero-order chi connectivity index (χ0) is 10.4. The lowest BCUT2D eigenvalue weighted by Crippen LogP contribution is -2.26. The summed E-state index contributed by atoms with van der Waals surface area (Å²) in [5, 5.41) is 4.18. The van der Waals surface area contributed by atoms with Crippen molar-refractivity contribution in [2.24, 2.45) is 34.5 Å². The van der Waals surface area contributed by atoms with Crippen LogP contribution in [-0.2, 0) is 0 Å². The number of carbonyl (C=O) groups is 1. The van der Waals surface area contributed by atoms with E-state index in [4.69, 9.17) is 5.73 Å². The summed E-state index contributed by atoms with van der Waals surface area (Å²) in [7, 11) is 0. The lowest BCUT2D eigenvalue weighted by Gasteiger charge is -2.12. The molecule has 4 nitrogen and oxygen atoms in total. The van der Waals surface area contributed by atoms with Crippen LogP contribution in [0, 0.1) is 23.7 Å². The minimum absolute atomic E-state index is 0.547. The van der Waals surface area contributed by atoms with Crippen LogP contribution < -0.4 is 11.2 Å². The van der Waals surface area contributed by atoms with Gasteiger partial charge in [-0.1, -0.05) is 0 Å². The number of carbonyl (C=O) groups excluding carboxylic acids is 1. The fourth-order valence-corrected chi connectivity index (χ4v) is 4.08. The van der Waals surface area contributed by atoms with Gasteiger partial charge in [0.2, 0.25) is 0 Å². The molecule has 0 saturated heterocycles. The molecule has 0 unspecified atom stereocenters. The topological polar surface area (TPSA) is 67.5 Å². The first-order chi connectivity index (χ1) is 7.25. The van der Waals surface area contributed by atoms with Crippen LogP contribution in [0.25, 0.3) is 0 Å². The zero-order valence-corrected chi connectivity index (χ0v) is 8.78. The molecule has 0 radical (unpaired) electrons. The van der Waals surface area contributed by atoms with Gasteiger partial charge in [0.1, 0.15) is 0 Å². The molecule has 0 spiro atoms. The molecule has 3 rings (SSSR count). The zero-order valence-electron chi connectivity index (χ0n) is 8.78. The minimum atomic E-state index is -0.547. The highest BCUT2D eigenvalue weighted by Gasteiger charge is 2.51. The van der Waals surface area contributed by atoms with Crippen LogP contribution in [0.2, 0.25) is 0 Å². The normalized spacial score (nSPS) is 44.7. The summed E-state index contributed by atoms with van der Waals surface area (Å²) in [4.78, 5) is 10.6. The lowest BCUT2D eigenvalue weighted by molar-refractivity contribution is 0.249. The molecule has 3 saturated carbocycles. The summed E-state index contributed by atoms with van der Waals surface area (Å²) >= 11 is 0. The van der Waals surface area contributed by atoms with Crippen molar-refractivity contribution >= 4 is 11.7 Å². The molecule has 4 atom stereocenters. The van der Waals surface area contributed by atoms with E-state index in [0.29, 0.717) is 5.92 Å². The van der Waals surface area contributed by atoms with Crippen LogP contribution in [0.4, 0.5) is 4.79 Å². The van der Waals surface area contributed by atoms with Crippen LogP contribution in [0.15, 0.2) is 5.10 Å². The molecule has 0 aliphatic heterocycles. The van der Waals surface area contributed by atoms with Crippen molar-refractivity contribution in [2.45, 2.75) is 32.1 Å². The van der Waals surface area contributed by atoms with E-state index in [9.17, 15) is 4.79 Å². The molecule has 0 aromatic heterocycles. The highest BCUT2D eigenvalue weighted by molar-refractivity contribution is 5.90. The Hall–Kier alpha value is -1.06. The average molecular weight is 207 g/mol. The molecule has 0 bridgehead atoms. The summed E-state index contributed by atoms with van der Waals surface area (Å²) < 4.78 is 0.